The molecule has 0 atom stereocenters. The second kappa shape index (κ2) is 5.66. The van der Waals surface area contributed by atoms with Crippen molar-refractivity contribution < 1.29 is 0 Å². The van der Waals surface area contributed by atoms with Crippen molar-refractivity contribution in [2.75, 3.05) is 10.6 Å². The molecule has 0 bridgehead atoms. The molecule has 2 N–H and O–H groups in total. The molecule has 0 aliphatic rings. The largest absolute Gasteiger partial charge is 0.332 e. The Kier molecular flexibility index (Phi) is 3.96. The average molecular weight is 263 g/mol. The van der Waals surface area contributed by atoms with Crippen molar-refractivity contribution in [1.29, 1.82) is 0 Å². The zero-order valence-corrected chi connectivity index (χ0v) is 10.6. The highest BCUT2D eigenvalue weighted by Crippen LogP contribution is 2.20. The smallest absolute Gasteiger partial charge is 0.175 e. The monoisotopic (exact) mass is 262 g/mol. The van der Waals surface area contributed by atoms with Crippen LogP contribution in [0.5, 0.6) is 0 Å². The molecule has 2 nitrogen and oxygen atoms in total. The molecular formula is C13H11ClN2S. The van der Waals surface area contributed by atoms with E-state index in [-0.39, 0.29) is 0 Å². The van der Waals surface area contributed by atoms with Crippen molar-refractivity contribution in [3.8, 4) is 0 Å². The van der Waals surface area contributed by atoms with Crippen LogP contribution in [0.15, 0.2) is 54.6 Å². The van der Waals surface area contributed by atoms with Crippen LogP contribution in [0.4, 0.5) is 11.4 Å². The molecule has 0 saturated heterocycles. The van der Waals surface area contributed by atoms with Gasteiger partial charge in [-0.1, -0.05) is 41.9 Å². The van der Waals surface area contributed by atoms with Crippen LogP contribution in [0, 0.1) is 0 Å². The minimum absolute atomic E-state index is 0.518. The highest BCUT2D eigenvalue weighted by atomic mass is 35.5. The molecule has 0 fully saturated rings. The van der Waals surface area contributed by atoms with Crippen molar-refractivity contribution in [1.82, 2.24) is 0 Å². The predicted molar refractivity (Wildman–Crippen MR) is 77.7 cm³/mol. The molecule has 0 amide bonds. The van der Waals surface area contributed by atoms with Crippen molar-refractivity contribution >= 4 is 40.3 Å². The van der Waals surface area contributed by atoms with Crippen LogP contribution in [0.3, 0.4) is 0 Å². The Labute approximate surface area is 111 Å². The van der Waals surface area contributed by atoms with Crippen molar-refractivity contribution in [3.63, 3.8) is 0 Å². The molecule has 0 aliphatic heterocycles. The second-order valence-corrected chi connectivity index (χ2v) is 4.24. The van der Waals surface area contributed by atoms with Gasteiger partial charge in [0, 0.05) is 5.69 Å². The van der Waals surface area contributed by atoms with E-state index in [4.69, 9.17) is 23.8 Å². The van der Waals surface area contributed by atoms with E-state index in [9.17, 15) is 0 Å². The average Bonchev–Trinajstić information content (AvgIpc) is 2.33. The molecule has 2 rings (SSSR count). The van der Waals surface area contributed by atoms with Crippen molar-refractivity contribution in [2.24, 2.45) is 0 Å². The fraction of sp³-hybridized carbons (Fsp3) is 0. The molecule has 0 aliphatic carbocycles. The molecule has 4 heteroatoms. The maximum absolute atomic E-state index is 6.02. The van der Waals surface area contributed by atoms with Crippen LogP contribution in [0.2, 0.25) is 5.02 Å². The molecule has 0 unspecified atom stereocenters. The predicted octanol–water partition coefficient (Wildman–Crippen LogP) is 4.15. The van der Waals surface area contributed by atoms with Crippen LogP contribution >= 0.6 is 23.8 Å². The third-order valence-electron chi connectivity index (χ3n) is 2.15. The van der Waals surface area contributed by atoms with Crippen LogP contribution in [-0.2, 0) is 0 Å². The zero-order chi connectivity index (χ0) is 12.1. The lowest BCUT2D eigenvalue weighted by Gasteiger charge is -2.11. The summed E-state index contributed by atoms with van der Waals surface area (Å²) >= 11 is 11.2. The lowest BCUT2D eigenvalue weighted by Crippen LogP contribution is -2.19. The van der Waals surface area contributed by atoms with Crippen LogP contribution in [0.1, 0.15) is 0 Å². The summed E-state index contributed by atoms with van der Waals surface area (Å²) in [5.74, 6) is 0. The number of hydrogen-bond donors (Lipinski definition) is 2. The summed E-state index contributed by atoms with van der Waals surface area (Å²) in [6.07, 6.45) is 0. The third-order valence-corrected chi connectivity index (χ3v) is 2.69. The van der Waals surface area contributed by atoms with E-state index in [1.54, 1.807) is 0 Å². The van der Waals surface area contributed by atoms with Crippen molar-refractivity contribution in [2.45, 2.75) is 0 Å². The zero-order valence-electron chi connectivity index (χ0n) is 8.98. The second-order valence-electron chi connectivity index (χ2n) is 3.42. The Morgan fingerprint density at radius 3 is 2.24 bits per heavy atom. The number of para-hydroxylation sites is 2. The number of thiocarbonyl (C=S) groups is 1. The first-order chi connectivity index (χ1) is 8.25. The van der Waals surface area contributed by atoms with E-state index in [0.717, 1.165) is 11.4 Å². The summed E-state index contributed by atoms with van der Waals surface area (Å²) in [5.41, 5.74) is 1.74. The van der Waals surface area contributed by atoms with Crippen LogP contribution in [0.25, 0.3) is 0 Å². The van der Waals surface area contributed by atoms with Gasteiger partial charge in [-0.25, -0.2) is 0 Å². The number of anilines is 2. The number of rotatable bonds is 2. The minimum Gasteiger partial charge on any atom is -0.332 e. The first kappa shape index (κ1) is 11.9. The number of benzene rings is 2. The molecule has 0 radical (unpaired) electrons. The standard InChI is InChI=1S/C13H11ClN2S/c14-11-8-4-5-9-12(11)16-13(17)15-10-6-2-1-3-7-10/h1-9H,(H2,15,16,17). The maximum atomic E-state index is 6.02. The van der Waals surface area contributed by atoms with Gasteiger partial charge < -0.3 is 10.6 Å². The van der Waals surface area contributed by atoms with E-state index < -0.39 is 0 Å². The van der Waals surface area contributed by atoms with Gasteiger partial charge in [-0.15, -0.1) is 0 Å². The van der Waals surface area contributed by atoms with Gasteiger partial charge in [0.1, 0.15) is 0 Å². The summed E-state index contributed by atoms with van der Waals surface area (Å²) in [5, 5.41) is 7.29. The van der Waals surface area contributed by atoms with E-state index >= 15 is 0 Å². The summed E-state index contributed by atoms with van der Waals surface area (Å²) in [6, 6.07) is 17.2. The molecule has 2 aromatic rings. The third kappa shape index (κ3) is 3.44. The quantitative estimate of drug-likeness (QED) is 0.795. The van der Waals surface area contributed by atoms with E-state index in [2.05, 4.69) is 10.6 Å². The van der Waals surface area contributed by atoms with E-state index in [1.165, 1.54) is 0 Å². The Bertz CT molecular complexity index is 514. The van der Waals surface area contributed by atoms with E-state index in [1.807, 2.05) is 54.6 Å². The Morgan fingerprint density at radius 1 is 0.882 bits per heavy atom. The molecule has 0 aromatic heterocycles. The Balaban J connectivity index is 2.01. The van der Waals surface area contributed by atoms with Gasteiger partial charge in [0.15, 0.2) is 5.11 Å². The normalized spacial score (nSPS) is 9.71. The fourth-order valence-electron chi connectivity index (χ4n) is 1.37. The lowest BCUT2D eigenvalue weighted by molar-refractivity contribution is 1.60. The molecule has 86 valence electrons. The van der Waals surface area contributed by atoms with E-state index in [0.29, 0.717) is 10.1 Å². The molecule has 0 spiro atoms. The number of hydrogen-bond acceptors (Lipinski definition) is 1. The van der Waals surface area contributed by atoms with Gasteiger partial charge in [0.25, 0.3) is 0 Å². The molecule has 17 heavy (non-hydrogen) atoms. The van der Waals surface area contributed by atoms with Gasteiger partial charge in [-0.3, -0.25) is 0 Å². The summed E-state index contributed by atoms with van der Waals surface area (Å²) in [6.45, 7) is 0. The first-order valence-corrected chi connectivity index (χ1v) is 5.92. The molecule has 2 aromatic carbocycles. The number of nitrogens with one attached hydrogen (secondary N) is 2. The van der Waals surface area contributed by atoms with Crippen LogP contribution in [-0.4, -0.2) is 5.11 Å². The van der Waals surface area contributed by atoms with Gasteiger partial charge in [-0.2, -0.15) is 0 Å². The fourth-order valence-corrected chi connectivity index (χ4v) is 1.78. The topological polar surface area (TPSA) is 24.1 Å². The van der Waals surface area contributed by atoms with Gasteiger partial charge in [0.05, 0.1) is 10.7 Å². The van der Waals surface area contributed by atoms with Gasteiger partial charge >= 0.3 is 0 Å². The highest BCUT2D eigenvalue weighted by molar-refractivity contribution is 7.80. The van der Waals surface area contributed by atoms with Crippen LogP contribution < -0.4 is 10.6 Å². The highest BCUT2D eigenvalue weighted by Gasteiger charge is 2.01. The summed E-state index contributed by atoms with van der Waals surface area (Å²) < 4.78 is 0. The summed E-state index contributed by atoms with van der Waals surface area (Å²) in [4.78, 5) is 0. The van der Waals surface area contributed by atoms with Gasteiger partial charge in [-0.05, 0) is 36.5 Å². The summed E-state index contributed by atoms with van der Waals surface area (Å²) in [7, 11) is 0. The first-order valence-electron chi connectivity index (χ1n) is 5.13. The SMILES string of the molecule is S=C(Nc1ccccc1)Nc1ccccc1Cl. The minimum atomic E-state index is 0.518. The maximum Gasteiger partial charge on any atom is 0.175 e. The Morgan fingerprint density at radius 2 is 1.53 bits per heavy atom. The molecule has 0 saturated carbocycles. The molecule has 0 heterocycles. The van der Waals surface area contributed by atoms with Crippen molar-refractivity contribution in [3.05, 3.63) is 59.6 Å². The Hall–Kier alpha value is -1.58. The molecular weight excluding hydrogens is 252 g/mol. The van der Waals surface area contributed by atoms with Gasteiger partial charge in [0.2, 0.25) is 0 Å². The number of halogens is 1. The lowest BCUT2D eigenvalue weighted by atomic mass is 10.3.